The van der Waals surface area contributed by atoms with E-state index >= 15 is 0 Å². The Kier molecular flexibility index (Phi) is 4.80. The molecule has 2 heterocycles. The summed E-state index contributed by atoms with van der Waals surface area (Å²) in [6, 6.07) is 2.45. The number of hydrogen-bond acceptors (Lipinski definition) is 4. The van der Waals surface area contributed by atoms with Crippen molar-refractivity contribution in [1.29, 1.82) is 0 Å². The number of hydrogen-bond donors (Lipinski definition) is 1. The average Bonchev–Trinajstić information content (AvgIpc) is 2.40. The van der Waals surface area contributed by atoms with Gasteiger partial charge in [0.2, 0.25) is 0 Å². The Morgan fingerprint density at radius 2 is 2.22 bits per heavy atom. The van der Waals surface area contributed by atoms with Gasteiger partial charge in [-0.25, -0.2) is 4.98 Å². The molecular formula is C13H20ClN3O. The Balaban J connectivity index is 2.11. The third-order valence-electron chi connectivity index (χ3n) is 3.33. The molecule has 1 saturated heterocycles. The molecule has 1 aliphatic rings. The molecule has 4 nitrogen and oxygen atoms in total. The SMILES string of the molecule is CNCc1cnc(N(C)C2CCOCC2)c(Cl)c1. The second kappa shape index (κ2) is 6.36. The molecule has 0 atom stereocenters. The summed E-state index contributed by atoms with van der Waals surface area (Å²) in [7, 11) is 3.97. The van der Waals surface area contributed by atoms with Crippen molar-refractivity contribution in [3.8, 4) is 0 Å². The van der Waals surface area contributed by atoms with Crippen LogP contribution in [0.4, 0.5) is 5.82 Å². The van der Waals surface area contributed by atoms with Gasteiger partial charge in [-0.1, -0.05) is 11.6 Å². The first kappa shape index (κ1) is 13.6. The topological polar surface area (TPSA) is 37.4 Å². The summed E-state index contributed by atoms with van der Waals surface area (Å²) in [6.45, 7) is 2.43. The predicted molar refractivity (Wildman–Crippen MR) is 74.3 cm³/mol. The van der Waals surface area contributed by atoms with E-state index in [1.807, 2.05) is 19.3 Å². The molecule has 0 radical (unpaired) electrons. The number of nitrogens with zero attached hydrogens (tertiary/aromatic N) is 2. The monoisotopic (exact) mass is 269 g/mol. The number of nitrogens with one attached hydrogen (secondary N) is 1. The van der Waals surface area contributed by atoms with Crippen LogP contribution in [-0.2, 0) is 11.3 Å². The van der Waals surface area contributed by atoms with Crippen LogP contribution < -0.4 is 10.2 Å². The maximum atomic E-state index is 6.32. The van der Waals surface area contributed by atoms with E-state index in [0.717, 1.165) is 49.0 Å². The van der Waals surface area contributed by atoms with Gasteiger partial charge in [0.25, 0.3) is 0 Å². The Hall–Kier alpha value is -0.840. The lowest BCUT2D eigenvalue weighted by Crippen LogP contribution is -2.37. The number of halogens is 1. The maximum Gasteiger partial charge on any atom is 0.147 e. The molecule has 1 aliphatic heterocycles. The van der Waals surface area contributed by atoms with Crippen LogP contribution in [-0.4, -0.2) is 38.3 Å². The molecule has 18 heavy (non-hydrogen) atoms. The Bertz CT molecular complexity index is 394. The normalized spacial score (nSPS) is 16.8. The van der Waals surface area contributed by atoms with Crippen LogP contribution in [0.25, 0.3) is 0 Å². The van der Waals surface area contributed by atoms with E-state index in [-0.39, 0.29) is 0 Å². The molecule has 5 heteroatoms. The first-order valence-electron chi connectivity index (χ1n) is 6.32. The van der Waals surface area contributed by atoms with E-state index < -0.39 is 0 Å². The van der Waals surface area contributed by atoms with E-state index in [2.05, 4.69) is 22.2 Å². The summed E-state index contributed by atoms with van der Waals surface area (Å²) in [5.74, 6) is 0.864. The van der Waals surface area contributed by atoms with Gasteiger partial charge in [-0.2, -0.15) is 0 Å². The molecule has 0 aromatic carbocycles. The van der Waals surface area contributed by atoms with Crippen LogP contribution in [0.2, 0.25) is 5.02 Å². The zero-order valence-corrected chi connectivity index (χ0v) is 11.7. The van der Waals surface area contributed by atoms with E-state index in [1.54, 1.807) is 0 Å². The lowest BCUT2D eigenvalue weighted by Gasteiger charge is -2.32. The molecule has 0 bridgehead atoms. The fourth-order valence-corrected chi connectivity index (χ4v) is 2.60. The van der Waals surface area contributed by atoms with Gasteiger partial charge < -0.3 is 15.0 Å². The van der Waals surface area contributed by atoms with Crippen LogP contribution >= 0.6 is 11.6 Å². The van der Waals surface area contributed by atoms with E-state index in [1.165, 1.54) is 0 Å². The standard InChI is InChI=1S/C13H20ClN3O/c1-15-8-10-7-12(14)13(16-9-10)17(2)11-3-5-18-6-4-11/h7,9,11,15H,3-6,8H2,1-2H3. The second-order valence-electron chi connectivity index (χ2n) is 4.63. The highest BCUT2D eigenvalue weighted by Gasteiger charge is 2.21. The summed E-state index contributed by atoms with van der Waals surface area (Å²) in [5.41, 5.74) is 1.10. The molecule has 0 unspecified atom stereocenters. The highest BCUT2D eigenvalue weighted by molar-refractivity contribution is 6.33. The Morgan fingerprint density at radius 1 is 1.50 bits per heavy atom. The van der Waals surface area contributed by atoms with Gasteiger partial charge in [0.15, 0.2) is 0 Å². The average molecular weight is 270 g/mol. The van der Waals surface area contributed by atoms with Crippen molar-refractivity contribution in [2.24, 2.45) is 0 Å². The lowest BCUT2D eigenvalue weighted by molar-refractivity contribution is 0.0853. The largest absolute Gasteiger partial charge is 0.381 e. The third-order valence-corrected chi connectivity index (χ3v) is 3.61. The molecular weight excluding hydrogens is 250 g/mol. The minimum absolute atomic E-state index is 0.471. The van der Waals surface area contributed by atoms with Crippen LogP contribution in [0.1, 0.15) is 18.4 Å². The van der Waals surface area contributed by atoms with Crippen molar-refractivity contribution in [1.82, 2.24) is 10.3 Å². The molecule has 0 saturated carbocycles. The third kappa shape index (κ3) is 3.13. The molecule has 0 aliphatic carbocycles. The van der Waals surface area contributed by atoms with Gasteiger partial charge in [0.05, 0.1) is 5.02 Å². The molecule has 1 N–H and O–H groups in total. The number of pyridine rings is 1. The van der Waals surface area contributed by atoms with Crippen molar-refractivity contribution in [3.05, 3.63) is 22.8 Å². The Labute approximate surface area is 113 Å². The number of ether oxygens (including phenoxy) is 1. The van der Waals surface area contributed by atoms with Gasteiger partial charge >= 0.3 is 0 Å². The molecule has 0 amide bonds. The van der Waals surface area contributed by atoms with Crippen LogP contribution in [0.3, 0.4) is 0 Å². The fourth-order valence-electron chi connectivity index (χ4n) is 2.28. The molecule has 1 aromatic rings. The van der Waals surface area contributed by atoms with Gasteiger partial charge in [-0.15, -0.1) is 0 Å². The smallest absolute Gasteiger partial charge is 0.147 e. The first-order valence-corrected chi connectivity index (χ1v) is 6.69. The van der Waals surface area contributed by atoms with Crippen molar-refractivity contribution >= 4 is 17.4 Å². The number of aromatic nitrogens is 1. The second-order valence-corrected chi connectivity index (χ2v) is 5.04. The molecule has 1 fully saturated rings. The zero-order valence-electron chi connectivity index (χ0n) is 10.9. The predicted octanol–water partition coefficient (Wildman–Crippen LogP) is 2.07. The molecule has 100 valence electrons. The van der Waals surface area contributed by atoms with Crippen molar-refractivity contribution in [2.45, 2.75) is 25.4 Å². The van der Waals surface area contributed by atoms with Crippen molar-refractivity contribution < 1.29 is 4.74 Å². The zero-order chi connectivity index (χ0) is 13.0. The highest BCUT2D eigenvalue weighted by Crippen LogP contribution is 2.27. The lowest BCUT2D eigenvalue weighted by atomic mass is 10.1. The Morgan fingerprint density at radius 3 is 2.83 bits per heavy atom. The summed E-state index contributed by atoms with van der Waals surface area (Å²) < 4.78 is 5.38. The number of rotatable bonds is 4. The van der Waals surface area contributed by atoms with E-state index in [9.17, 15) is 0 Å². The fraction of sp³-hybridized carbons (Fsp3) is 0.615. The van der Waals surface area contributed by atoms with Gasteiger partial charge in [0, 0.05) is 39.0 Å². The van der Waals surface area contributed by atoms with Gasteiger partial charge in [0.1, 0.15) is 5.82 Å². The first-order chi connectivity index (χ1) is 8.72. The summed E-state index contributed by atoms with van der Waals surface area (Å²) in [4.78, 5) is 6.66. The minimum atomic E-state index is 0.471. The summed E-state index contributed by atoms with van der Waals surface area (Å²) in [5, 5.41) is 3.81. The number of anilines is 1. The van der Waals surface area contributed by atoms with Crippen molar-refractivity contribution in [3.63, 3.8) is 0 Å². The molecule has 0 spiro atoms. The minimum Gasteiger partial charge on any atom is -0.381 e. The van der Waals surface area contributed by atoms with Gasteiger partial charge in [-0.3, -0.25) is 0 Å². The van der Waals surface area contributed by atoms with Crippen LogP contribution in [0, 0.1) is 0 Å². The summed E-state index contributed by atoms with van der Waals surface area (Å²) in [6.07, 6.45) is 3.95. The molecule has 2 rings (SSSR count). The highest BCUT2D eigenvalue weighted by atomic mass is 35.5. The van der Waals surface area contributed by atoms with E-state index in [4.69, 9.17) is 16.3 Å². The molecule has 1 aromatic heterocycles. The summed E-state index contributed by atoms with van der Waals surface area (Å²) >= 11 is 6.32. The van der Waals surface area contributed by atoms with Crippen LogP contribution in [0.15, 0.2) is 12.3 Å². The quantitative estimate of drug-likeness (QED) is 0.908. The van der Waals surface area contributed by atoms with E-state index in [0.29, 0.717) is 6.04 Å². The van der Waals surface area contributed by atoms with Gasteiger partial charge in [-0.05, 0) is 31.5 Å². The van der Waals surface area contributed by atoms with Crippen LogP contribution in [0.5, 0.6) is 0 Å². The van der Waals surface area contributed by atoms with Crippen molar-refractivity contribution in [2.75, 3.05) is 32.2 Å². The maximum absolute atomic E-state index is 6.32.